The maximum absolute atomic E-state index is 13.4. The van der Waals surface area contributed by atoms with Crippen LogP contribution in [0.25, 0.3) is 0 Å². The van der Waals surface area contributed by atoms with Crippen molar-refractivity contribution in [2.45, 2.75) is 11.3 Å². The first-order chi connectivity index (χ1) is 8.80. The summed E-state index contributed by atoms with van der Waals surface area (Å²) in [6.07, 6.45) is -0.141. The van der Waals surface area contributed by atoms with Crippen LogP contribution < -0.4 is 0 Å². The van der Waals surface area contributed by atoms with E-state index in [-0.39, 0.29) is 25.4 Å². The van der Waals surface area contributed by atoms with Gasteiger partial charge < -0.3 is 5.11 Å². The number of carboxylic acid groups (broad SMARTS) is 1. The number of aliphatic carboxylic acids is 1. The van der Waals surface area contributed by atoms with Gasteiger partial charge in [-0.1, -0.05) is 0 Å². The predicted molar refractivity (Wildman–Crippen MR) is 60.9 cm³/mol. The number of hydrogen-bond acceptors (Lipinski definition) is 3. The van der Waals surface area contributed by atoms with Gasteiger partial charge in [0.25, 0.3) is 0 Å². The van der Waals surface area contributed by atoms with E-state index >= 15 is 0 Å². The summed E-state index contributed by atoms with van der Waals surface area (Å²) in [5.41, 5.74) is 0. The molecule has 2 rings (SSSR count). The van der Waals surface area contributed by atoms with Crippen LogP contribution in [0.3, 0.4) is 0 Å². The Hall–Kier alpha value is -1.54. The van der Waals surface area contributed by atoms with E-state index in [9.17, 15) is 22.0 Å². The van der Waals surface area contributed by atoms with Crippen molar-refractivity contribution in [3.63, 3.8) is 0 Å². The zero-order valence-electron chi connectivity index (χ0n) is 9.71. The quantitative estimate of drug-likeness (QED) is 0.900. The van der Waals surface area contributed by atoms with Gasteiger partial charge in [-0.2, -0.15) is 4.31 Å². The molecule has 0 unspecified atom stereocenters. The van der Waals surface area contributed by atoms with Crippen LogP contribution in [0, 0.1) is 17.6 Å². The highest BCUT2D eigenvalue weighted by Gasteiger charge is 2.38. The van der Waals surface area contributed by atoms with Crippen molar-refractivity contribution in [2.24, 2.45) is 5.92 Å². The van der Waals surface area contributed by atoms with Crippen molar-refractivity contribution in [3.05, 3.63) is 29.8 Å². The highest BCUT2D eigenvalue weighted by molar-refractivity contribution is 7.89. The second-order valence-electron chi connectivity index (χ2n) is 4.36. The van der Waals surface area contributed by atoms with Gasteiger partial charge in [-0.25, -0.2) is 17.2 Å². The van der Waals surface area contributed by atoms with E-state index < -0.39 is 32.5 Å². The van der Waals surface area contributed by atoms with E-state index in [2.05, 4.69) is 0 Å². The summed E-state index contributed by atoms with van der Waals surface area (Å²) in [5, 5.41) is 8.56. The molecule has 1 heterocycles. The summed E-state index contributed by atoms with van der Waals surface area (Å²) in [6, 6.07) is 2.20. The average molecular weight is 291 g/mol. The van der Waals surface area contributed by atoms with Gasteiger partial charge in [-0.3, -0.25) is 4.79 Å². The topological polar surface area (TPSA) is 74.7 Å². The number of rotatable bonds is 4. The minimum Gasteiger partial charge on any atom is -0.481 e. The van der Waals surface area contributed by atoms with Crippen LogP contribution >= 0.6 is 0 Å². The van der Waals surface area contributed by atoms with Crippen molar-refractivity contribution < 1.29 is 27.1 Å². The fourth-order valence-corrected chi connectivity index (χ4v) is 3.58. The van der Waals surface area contributed by atoms with E-state index in [1.807, 2.05) is 0 Å². The molecule has 0 bridgehead atoms. The molecule has 1 aliphatic rings. The van der Waals surface area contributed by atoms with E-state index in [0.717, 1.165) is 16.4 Å². The molecule has 1 N–H and O–H groups in total. The Morgan fingerprint density at radius 1 is 1.37 bits per heavy atom. The standard InChI is InChI=1S/C11H11F2NO4S/c12-8-1-2-9(13)10(4-8)19(17,18)14-5-7(6-14)3-11(15)16/h1-2,4,7H,3,5-6H2,(H,15,16). The van der Waals surface area contributed by atoms with Gasteiger partial charge in [0.15, 0.2) is 0 Å². The Bertz CT molecular complexity index is 611. The molecule has 0 aromatic heterocycles. The number of hydrogen-bond donors (Lipinski definition) is 1. The summed E-state index contributed by atoms with van der Waals surface area (Å²) in [5.74, 6) is -3.17. The van der Waals surface area contributed by atoms with Crippen molar-refractivity contribution in [1.82, 2.24) is 4.31 Å². The van der Waals surface area contributed by atoms with Crippen LogP contribution in [-0.4, -0.2) is 36.9 Å². The average Bonchev–Trinajstić information content (AvgIpc) is 2.25. The molecule has 1 saturated heterocycles. The third kappa shape index (κ3) is 2.74. The Labute approximate surface area is 108 Å². The molecule has 8 heteroatoms. The van der Waals surface area contributed by atoms with Crippen molar-refractivity contribution in [3.8, 4) is 0 Å². The molecule has 5 nitrogen and oxygen atoms in total. The Kier molecular flexibility index (Phi) is 3.55. The fourth-order valence-electron chi connectivity index (χ4n) is 1.91. The molecule has 1 aromatic rings. The van der Waals surface area contributed by atoms with Crippen LogP contribution in [0.15, 0.2) is 23.1 Å². The number of halogens is 2. The smallest absolute Gasteiger partial charge is 0.303 e. The second kappa shape index (κ2) is 4.86. The lowest BCUT2D eigenvalue weighted by atomic mass is 10.00. The molecule has 0 saturated carbocycles. The molecule has 0 spiro atoms. The van der Waals surface area contributed by atoms with Gasteiger partial charge in [0, 0.05) is 13.1 Å². The van der Waals surface area contributed by atoms with Gasteiger partial charge in [0.05, 0.1) is 6.42 Å². The summed E-state index contributed by atoms with van der Waals surface area (Å²) in [7, 11) is -4.10. The summed E-state index contributed by atoms with van der Waals surface area (Å²) < 4.78 is 51.3. The Balaban J connectivity index is 2.17. The monoisotopic (exact) mass is 291 g/mol. The van der Waals surface area contributed by atoms with Crippen LogP contribution in [0.1, 0.15) is 6.42 Å². The second-order valence-corrected chi connectivity index (χ2v) is 6.27. The summed E-state index contributed by atoms with van der Waals surface area (Å²) >= 11 is 0. The molecule has 1 aromatic carbocycles. The minimum absolute atomic E-state index is 0.00455. The minimum atomic E-state index is -4.10. The van der Waals surface area contributed by atoms with Gasteiger partial charge in [0.1, 0.15) is 16.5 Å². The third-order valence-electron chi connectivity index (χ3n) is 2.90. The molecule has 0 aliphatic carbocycles. The molecule has 0 radical (unpaired) electrons. The molecular weight excluding hydrogens is 280 g/mol. The Morgan fingerprint density at radius 3 is 2.58 bits per heavy atom. The van der Waals surface area contributed by atoms with E-state index in [4.69, 9.17) is 5.11 Å². The molecular formula is C11H11F2NO4S. The zero-order valence-corrected chi connectivity index (χ0v) is 10.5. The van der Waals surface area contributed by atoms with E-state index in [0.29, 0.717) is 6.07 Å². The summed E-state index contributed by atoms with van der Waals surface area (Å²) in [6.45, 7) is 0.00910. The first-order valence-electron chi connectivity index (χ1n) is 5.47. The van der Waals surface area contributed by atoms with Gasteiger partial charge in [0.2, 0.25) is 10.0 Å². The molecule has 1 fully saturated rings. The van der Waals surface area contributed by atoms with Gasteiger partial charge >= 0.3 is 5.97 Å². The maximum Gasteiger partial charge on any atom is 0.303 e. The molecule has 0 atom stereocenters. The number of sulfonamides is 1. The predicted octanol–water partition coefficient (Wildman–Crippen LogP) is 1.06. The van der Waals surface area contributed by atoms with Crippen LogP contribution in [-0.2, 0) is 14.8 Å². The van der Waals surface area contributed by atoms with Gasteiger partial charge in [-0.05, 0) is 24.1 Å². The molecule has 19 heavy (non-hydrogen) atoms. The maximum atomic E-state index is 13.4. The lowest BCUT2D eigenvalue weighted by Gasteiger charge is -2.37. The lowest BCUT2D eigenvalue weighted by Crippen LogP contribution is -2.50. The third-order valence-corrected chi connectivity index (χ3v) is 4.74. The largest absolute Gasteiger partial charge is 0.481 e. The van der Waals surface area contributed by atoms with Crippen molar-refractivity contribution in [1.29, 1.82) is 0 Å². The summed E-state index contributed by atoms with van der Waals surface area (Å²) in [4.78, 5) is 9.73. The van der Waals surface area contributed by atoms with Crippen LogP contribution in [0.4, 0.5) is 8.78 Å². The number of carboxylic acids is 1. The van der Waals surface area contributed by atoms with Crippen LogP contribution in [0.2, 0.25) is 0 Å². The first kappa shape index (κ1) is 13.9. The number of benzene rings is 1. The van der Waals surface area contributed by atoms with E-state index in [1.165, 1.54) is 0 Å². The number of nitrogens with zero attached hydrogens (tertiary/aromatic N) is 1. The van der Waals surface area contributed by atoms with Crippen molar-refractivity contribution >= 4 is 16.0 Å². The van der Waals surface area contributed by atoms with Crippen molar-refractivity contribution in [2.75, 3.05) is 13.1 Å². The number of carbonyl (C=O) groups is 1. The lowest BCUT2D eigenvalue weighted by molar-refractivity contribution is -0.139. The fraction of sp³-hybridized carbons (Fsp3) is 0.364. The molecule has 104 valence electrons. The highest BCUT2D eigenvalue weighted by Crippen LogP contribution is 2.28. The highest BCUT2D eigenvalue weighted by atomic mass is 32.2. The SMILES string of the molecule is O=C(O)CC1CN(S(=O)(=O)c2cc(F)ccc2F)C1. The van der Waals surface area contributed by atoms with Gasteiger partial charge in [-0.15, -0.1) is 0 Å². The first-order valence-corrected chi connectivity index (χ1v) is 6.91. The molecule has 1 aliphatic heterocycles. The molecule has 0 amide bonds. The van der Waals surface area contributed by atoms with E-state index in [1.54, 1.807) is 0 Å². The zero-order chi connectivity index (χ0) is 14.2. The van der Waals surface area contributed by atoms with Crippen LogP contribution in [0.5, 0.6) is 0 Å². The normalized spacial score (nSPS) is 17.2. The Morgan fingerprint density at radius 2 is 2.00 bits per heavy atom.